The topological polar surface area (TPSA) is 50.3 Å². The van der Waals surface area contributed by atoms with Gasteiger partial charge in [0.2, 0.25) is 5.95 Å². The van der Waals surface area contributed by atoms with E-state index >= 15 is 0 Å². The van der Waals surface area contributed by atoms with Crippen LogP contribution in [-0.2, 0) is 4.74 Å². The molecule has 5 nitrogen and oxygen atoms in total. The van der Waals surface area contributed by atoms with E-state index in [2.05, 4.69) is 27.1 Å². The molecule has 0 radical (unpaired) electrons. The van der Waals surface area contributed by atoms with Gasteiger partial charge in [-0.25, -0.2) is 4.98 Å². The van der Waals surface area contributed by atoms with Gasteiger partial charge in [-0.3, -0.25) is 0 Å². The fourth-order valence-corrected chi connectivity index (χ4v) is 2.44. The number of anilines is 2. The van der Waals surface area contributed by atoms with Gasteiger partial charge in [-0.1, -0.05) is 18.5 Å². The van der Waals surface area contributed by atoms with Crippen molar-refractivity contribution >= 4 is 23.4 Å². The van der Waals surface area contributed by atoms with Crippen LogP contribution in [0.15, 0.2) is 6.20 Å². The predicted octanol–water partition coefficient (Wildman–Crippen LogP) is 2.03. The summed E-state index contributed by atoms with van der Waals surface area (Å²) in [5.74, 6) is 1.93. The van der Waals surface area contributed by atoms with Crippen LogP contribution in [0.4, 0.5) is 11.8 Å². The van der Waals surface area contributed by atoms with Crippen molar-refractivity contribution in [2.24, 2.45) is 5.92 Å². The minimum Gasteiger partial charge on any atom is -0.379 e. The van der Waals surface area contributed by atoms with Gasteiger partial charge in [-0.15, -0.1) is 0 Å². The Morgan fingerprint density at radius 3 is 3.00 bits per heavy atom. The molecule has 2 heterocycles. The number of rotatable bonds is 3. The van der Waals surface area contributed by atoms with Gasteiger partial charge < -0.3 is 15.0 Å². The van der Waals surface area contributed by atoms with Gasteiger partial charge >= 0.3 is 0 Å². The first-order valence-corrected chi connectivity index (χ1v) is 6.51. The Kier molecular flexibility index (Phi) is 4.24. The Labute approximate surface area is 113 Å². The first kappa shape index (κ1) is 13.4. The molecule has 2 unspecified atom stereocenters. The Morgan fingerprint density at radius 2 is 2.33 bits per heavy atom. The maximum Gasteiger partial charge on any atom is 0.224 e. The molecule has 100 valence electrons. The molecule has 18 heavy (non-hydrogen) atoms. The van der Waals surface area contributed by atoms with Gasteiger partial charge in [0.05, 0.1) is 12.3 Å². The van der Waals surface area contributed by atoms with Gasteiger partial charge in [0.1, 0.15) is 5.02 Å². The largest absolute Gasteiger partial charge is 0.379 e. The van der Waals surface area contributed by atoms with Crippen LogP contribution in [0.3, 0.4) is 0 Å². The van der Waals surface area contributed by atoms with E-state index in [1.54, 1.807) is 20.4 Å². The molecule has 0 amide bonds. The SMILES string of the molecule is CNc1ncc(Cl)c(N2CCC(C)C(OC)C2)n1. The van der Waals surface area contributed by atoms with Crippen LogP contribution in [0.1, 0.15) is 13.3 Å². The lowest BCUT2D eigenvalue weighted by molar-refractivity contribution is 0.0496. The first-order chi connectivity index (χ1) is 8.65. The number of nitrogens with one attached hydrogen (secondary N) is 1. The number of ether oxygens (including phenoxy) is 1. The summed E-state index contributed by atoms with van der Waals surface area (Å²) >= 11 is 6.18. The number of hydrogen-bond donors (Lipinski definition) is 1. The van der Waals surface area contributed by atoms with Crippen LogP contribution >= 0.6 is 11.6 Å². The smallest absolute Gasteiger partial charge is 0.224 e. The molecule has 1 aromatic heterocycles. The normalized spacial score (nSPS) is 24.1. The highest BCUT2D eigenvalue weighted by atomic mass is 35.5. The Morgan fingerprint density at radius 1 is 1.56 bits per heavy atom. The van der Waals surface area contributed by atoms with E-state index in [0.29, 0.717) is 16.9 Å². The van der Waals surface area contributed by atoms with Crippen LogP contribution in [0, 0.1) is 5.92 Å². The summed E-state index contributed by atoms with van der Waals surface area (Å²) in [5.41, 5.74) is 0. The number of nitrogens with zero attached hydrogens (tertiary/aromatic N) is 3. The zero-order valence-corrected chi connectivity index (χ0v) is 11.7. The van der Waals surface area contributed by atoms with Gasteiger partial charge in [-0.05, 0) is 12.3 Å². The van der Waals surface area contributed by atoms with Crippen LogP contribution in [-0.4, -0.2) is 43.3 Å². The summed E-state index contributed by atoms with van der Waals surface area (Å²) in [5, 5.41) is 3.51. The molecule has 1 aliphatic rings. The number of halogens is 1. The molecule has 1 fully saturated rings. The Balaban J connectivity index is 2.20. The predicted molar refractivity (Wildman–Crippen MR) is 73.4 cm³/mol. The van der Waals surface area contributed by atoms with Crippen molar-refractivity contribution in [3.05, 3.63) is 11.2 Å². The molecular weight excluding hydrogens is 252 g/mol. The lowest BCUT2D eigenvalue weighted by atomic mass is 9.96. The van der Waals surface area contributed by atoms with Crippen molar-refractivity contribution in [3.8, 4) is 0 Å². The lowest BCUT2D eigenvalue weighted by Gasteiger charge is -2.37. The number of methoxy groups -OCH3 is 1. The molecule has 6 heteroatoms. The standard InChI is InChI=1S/C12H19ClN4O/c1-8-4-5-17(7-10(8)18-3)11-9(13)6-15-12(14-2)16-11/h6,8,10H,4-5,7H2,1-3H3,(H,14,15,16). The van der Waals surface area contributed by atoms with Crippen molar-refractivity contribution in [1.82, 2.24) is 9.97 Å². The third kappa shape index (κ3) is 2.67. The highest BCUT2D eigenvalue weighted by molar-refractivity contribution is 6.32. The first-order valence-electron chi connectivity index (χ1n) is 6.13. The highest BCUT2D eigenvalue weighted by Crippen LogP contribution is 2.28. The van der Waals surface area contributed by atoms with Crippen LogP contribution in [0.5, 0.6) is 0 Å². The zero-order valence-electron chi connectivity index (χ0n) is 11.0. The summed E-state index contributed by atoms with van der Waals surface area (Å²) in [6, 6.07) is 0. The van der Waals surface area contributed by atoms with Crippen LogP contribution < -0.4 is 10.2 Å². The van der Waals surface area contributed by atoms with Crippen molar-refractivity contribution < 1.29 is 4.74 Å². The molecule has 1 aliphatic heterocycles. The summed E-state index contributed by atoms with van der Waals surface area (Å²) in [6.07, 6.45) is 2.94. The van der Waals surface area contributed by atoms with Crippen molar-refractivity contribution in [2.45, 2.75) is 19.4 Å². The van der Waals surface area contributed by atoms with E-state index in [1.165, 1.54) is 0 Å². The van der Waals surface area contributed by atoms with Gasteiger partial charge in [0.25, 0.3) is 0 Å². The molecule has 1 N–H and O–H groups in total. The second-order valence-corrected chi connectivity index (χ2v) is 5.01. The second kappa shape index (κ2) is 5.71. The van der Waals surface area contributed by atoms with Gasteiger partial charge in [-0.2, -0.15) is 4.98 Å². The summed E-state index contributed by atoms with van der Waals surface area (Å²) in [7, 11) is 3.55. The quantitative estimate of drug-likeness (QED) is 0.911. The zero-order chi connectivity index (χ0) is 13.1. The number of aromatic nitrogens is 2. The Bertz CT molecular complexity index is 415. The minimum atomic E-state index is 0.225. The molecule has 0 aromatic carbocycles. The molecule has 1 saturated heterocycles. The average Bonchev–Trinajstić information content (AvgIpc) is 2.40. The average molecular weight is 271 g/mol. The van der Waals surface area contributed by atoms with Crippen molar-refractivity contribution in [2.75, 3.05) is 37.5 Å². The maximum absolute atomic E-state index is 6.18. The van der Waals surface area contributed by atoms with Crippen molar-refractivity contribution in [3.63, 3.8) is 0 Å². The number of piperidine rings is 1. The Hall–Kier alpha value is -1.07. The van der Waals surface area contributed by atoms with E-state index in [1.807, 2.05) is 0 Å². The molecule has 2 atom stereocenters. The lowest BCUT2D eigenvalue weighted by Crippen LogP contribution is -2.44. The summed E-state index contributed by atoms with van der Waals surface area (Å²) < 4.78 is 5.51. The molecule has 1 aromatic rings. The molecule has 0 saturated carbocycles. The van der Waals surface area contributed by atoms with Gasteiger partial charge in [0.15, 0.2) is 5.82 Å². The maximum atomic E-state index is 6.18. The van der Waals surface area contributed by atoms with Crippen molar-refractivity contribution in [1.29, 1.82) is 0 Å². The van der Waals surface area contributed by atoms with Crippen LogP contribution in [0.2, 0.25) is 5.02 Å². The molecule has 0 aliphatic carbocycles. The van der Waals surface area contributed by atoms with E-state index in [9.17, 15) is 0 Å². The van der Waals surface area contributed by atoms with E-state index in [4.69, 9.17) is 16.3 Å². The third-order valence-corrected chi connectivity index (χ3v) is 3.71. The number of hydrogen-bond acceptors (Lipinski definition) is 5. The van der Waals surface area contributed by atoms with Crippen LogP contribution in [0.25, 0.3) is 0 Å². The van der Waals surface area contributed by atoms with E-state index in [-0.39, 0.29) is 6.10 Å². The second-order valence-electron chi connectivity index (χ2n) is 4.60. The summed E-state index contributed by atoms with van der Waals surface area (Å²) in [4.78, 5) is 10.7. The minimum absolute atomic E-state index is 0.225. The summed E-state index contributed by atoms with van der Waals surface area (Å²) in [6.45, 7) is 3.98. The fraction of sp³-hybridized carbons (Fsp3) is 0.667. The molecule has 0 bridgehead atoms. The monoisotopic (exact) mass is 270 g/mol. The molecule has 0 spiro atoms. The van der Waals surface area contributed by atoms with E-state index < -0.39 is 0 Å². The van der Waals surface area contributed by atoms with E-state index in [0.717, 1.165) is 25.3 Å². The highest BCUT2D eigenvalue weighted by Gasteiger charge is 2.28. The fourth-order valence-electron chi connectivity index (χ4n) is 2.23. The van der Waals surface area contributed by atoms with Gasteiger partial charge in [0, 0.05) is 27.2 Å². The molecule has 2 rings (SSSR count). The third-order valence-electron chi connectivity index (χ3n) is 3.44. The molecular formula is C12H19ClN4O.